The Kier molecular flexibility index (Phi) is 2.89. The van der Waals surface area contributed by atoms with E-state index in [-0.39, 0.29) is 11.7 Å². The van der Waals surface area contributed by atoms with Gasteiger partial charge in [0.25, 0.3) is 5.91 Å². The summed E-state index contributed by atoms with van der Waals surface area (Å²) < 4.78 is 14.8. The van der Waals surface area contributed by atoms with E-state index in [0.717, 1.165) is 24.8 Å². The number of hydrogen-bond donors (Lipinski definition) is 1. The smallest absolute Gasteiger partial charge is 0.259 e. The summed E-state index contributed by atoms with van der Waals surface area (Å²) in [5.41, 5.74) is 3.93. The maximum absolute atomic E-state index is 12.9. The number of aromatic nitrogens is 3. The number of nitrogens with zero attached hydrogens (tertiary/aromatic N) is 3. The normalized spacial score (nSPS) is 13.3. The summed E-state index contributed by atoms with van der Waals surface area (Å²) in [6.45, 7) is 0. The van der Waals surface area contributed by atoms with Crippen LogP contribution in [0, 0.1) is 5.82 Å². The molecule has 0 atom stereocenters. The van der Waals surface area contributed by atoms with E-state index in [2.05, 4.69) is 15.5 Å². The zero-order valence-corrected chi connectivity index (χ0v) is 11.7. The van der Waals surface area contributed by atoms with E-state index in [4.69, 9.17) is 0 Å². The Balaban J connectivity index is 1.74. The number of nitrogens with one attached hydrogen (secondary N) is 1. The van der Waals surface area contributed by atoms with E-state index in [1.165, 1.54) is 30.0 Å². The minimum atomic E-state index is -0.338. The second-order valence-corrected chi connectivity index (χ2v) is 5.37. The van der Waals surface area contributed by atoms with Crippen molar-refractivity contribution in [3.63, 3.8) is 0 Å². The van der Waals surface area contributed by atoms with Gasteiger partial charge in [-0.2, -0.15) is 0 Å². The number of aryl methyl sites for hydroxylation is 2. The van der Waals surface area contributed by atoms with Gasteiger partial charge in [-0.25, -0.2) is 4.39 Å². The molecule has 3 aromatic rings. The van der Waals surface area contributed by atoms with Crippen molar-refractivity contribution in [2.75, 3.05) is 5.32 Å². The summed E-state index contributed by atoms with van der Waals surface area (Å²) in [4.78, 5) is 12.5. The van der Waals surface area contributed by atoms with Crippen LogP contribution in [0.1, 0.15) is 28.0 Å². The molecule has 0 radical (unpaired) electrons. The van der Waals surface area contributed by atoms with Gasteiger partial charge in [-0.05, 0) is 55.2 Å². The molecule has 0 saturated heterocycles. The molecule has 110 valence electrons. The topological polar surface area (TPSA) is 59.3 Å². The third kappa shape index (κ3) is 2.04. The first-order chi connectivity index (χ1) is 10.7. The lowest BCUT2D eigenvalue weighted by molar-refractivity contribution is 0.102. The van der Waals surface area contributed by atoms with Gasteiger partial charge in [0.05, 0.1) is 5.56 Å². The van der Waals surface area contributed by atoms with Crippen molar-refractivity contribution < 1.29 is 9.18 Å². The number of anilines is 1. The SMILES string of the molecule is O=C(Nc1ccc(F)cc1)c1cc2c(n3cnnc13)CCC2. The first-order valence-corrected chi connectivity index (χ1v) is 7.14. The molecule has 0 saturated carbocycles. The molecule has 2 aromatic heterocycles. The minimum Gasteiger partial charge on any atom is -0.322 e. The van der Waals surface area contributed by atoms with Gasteiger partial charge in [0.15, 0.2) is 5.65 Å². The molecule has 1 N–H and O–H groups in total. The van der Waals surface area contributed by atoms with Gasteiger partial charge in [-0.1, -0.05) is 0 Å². The Morgan fingerprint density at radius 1 is 1.23 bits per heavy atom. The molecule has 4 rings (SSSR count). The average molecular weight is 296 g/mol. The molecule has 1 amide bonds. The molecule has 5 nitrogen and oxygen atoms in total. The van der Waals surface area contributed by atoms with Gasteiger partial charge < -0.3 is 5.32 Å². The van der Waals surface area contributed by atoms with Gasteiger partial charge in [-0.3, -0.25) is 9.20 Å². The zero-order valence-electron chi connectivity index (χ0n) is 11.7. The third-order valence-corrected chi connectivity index (χ3v) is 3.98. The number of carbonyl (C=O) groups excluding carboxylic acids is 1. The lowest BCUT2D eigenvalue weighted by atomic mass is 10.1. The number of benzene rings is 1. The summed E-state index contributed by atoms with van der Waals surface area (Å²) in [6, 6.07) is 7.57. The van der Waals surface area contributed by atoms with Crippen molar-refractivity contribution in [1.82, 2.24) is 14.6 Å². The number of amides is 1. The van der Waals surface area contributed by atoms with Crippen molar-refractivity contribution in [2.24, 2.45) is 0 Å². The summed E-state index contributed by atoms with van der Waals surface area (Å²) in [6.07, 6.45) is 4.66. The van der Waals surface area contributed by atoms with E-state index in [1.54, 1.807) is 6.33 Å². The van der Waals surface area contributed by atoms with Crippen molar-refractivity contribution in [1.29, 1.82) is 0 Å². The van der Waals surface area contributed by atoms with Crippen LogP contribution >= 0.6 is 0 Å². The molecular formula is C16H13FN4O. The quantitative estimate of drug-likeness (QED) is 0.791. The monoisotopic (exact) mass is 296 g/mol. The van der Waals surface area contributed by atoms with Gasteiger partial charge >= 0.3 is 0 Å². The van der Waals surface area contributed by atoms with Crippen LogP contribution in [-0.2, 0) is 12.8 Å². The highest BCUT2D eigenvalue weighted by Crippen LogP contribution is 2.25. The Labute approximate surface area is 125 Å². The maximum atomic E-state index is 12.9. The second kappa shape index (κ2) is 4.91. The van der Waals surface area contributed by atoms with Crippen LogP contribution < -0.4 is 5.32 Å². The second-order valence-electron chi connectivity index (χ2n) is 5.37. The fourth-order valence-corrected chi connectivity index (χ4v) is 2.94. The molecule has 0 fully saturated rings. The van der Waals surface area contributed by atoms with E-state index < -0.39 is 0 Å². The molecule has 22 heavy (non-hydrogen) atoms. The Morgan fingerprint density at radius 2 is 2.05 bits per heavy atom. The van der Waals surface area contributed by atoms with Crippen molar-refractivity contribution in [3.05, 3.63) is 59.3 Å². The maximum Gasteiger partial charge on any atom is 0.259 e. The third-order valence-electron chi connectivity index (χ3n) is 3.98. The van der Waals surface area contributed by atoms with Crippen molar-refractivity contribution in [3.8, 4) is 0 Å². The van der Waals surface area contributed by atoms with Crippen LogP contribution in [0.5, 0.6) is 0 Å². The first kappa shape index (κ1) is 12.9. The molecule has 6 heteroatoms. The van der Waals surface area contributed by atoms with Gasteiger partial charge in [0.1, 0.15) is 12.1 Å². The lowest BCUT2D eigenvalue weighted by Crippen LogP contribution is -2.14. The largest absolute Gasteiger partial charge is 0.322 e. The molecule has 0 unspecified atom stereocenters. The molecule has 1 aliphatic rings. The highest BCUT2D eigenvalue weighted by Gasteiger charge is 2.21. The molecular weight excluding hydrogens is 283 g/mol. The minimum absolute atomic E-state index is 0.265. The Morgan fingerprint density at radius 3 is 2.86 bits per heavy atom. The molecule has 0 aliphatic heterocycles. The first-order valence-electron chi connectivity index (χ1n) is 7.14. The standard InChI is InChI=1S/C16H13FN4O/c17-11-4-6-12(7-5-11)19-16(22)13-8-10-2-1-3-14(10)21-9-18-20-15(13)21/h4-9H,1-3H2,(H,19,22). The summed E-state index contributed by atoms with van der Waals surface area (Å²) in [7, 11) is 0. The molecule has 1 aliphatic carbocycles. The van der Waals surface area contributed by atoms with Gasteiger partial charge in [-0.15, -0.1) is 10.2 Å². The van der Waals surface area contributed by atoms with Crippen LogP contribution in [0.3, 0.4) is 0 Å². The molecule has 0 bridgehead atoms. The summed E-state index contributed by atoms with van der Waals surface area (Å²) in [5, 5.41) is 10.8. The van der Waals surface area contributed by atoms with Crippen LogP contribution in [0.2, 0.25) is 0 Å². The molecule has 1 aromatic carbocycles. The van der Waals surface area contributed by atoms with Crippen LogP contribution in [-0.4, -0.2) is 20.5 Å². The zero-order chi connectivity index (χ0) is 15.1. The summed E-state index contributed by atoms with van der Waals surface area (Å²) >= 11 is 0. The van der Waals surface area contributed by atoms with Crippen LogP contribution in [0.15, 0.2) is 36.7 Å². The number of pyridine rings is 1. The molecule has 0 spiro atoms. The van der Waals surface area contributed by atoms with Gasteiger partial charge in [0.2, 0.25) is 0 Å². The van der Waals surface area contributed by atoms with E-state index in [1.807, 2.05) is 10.5 Å². The average Bonchev–Trinajstić information content (AvgIpc) is 3.16. The number of halogens is 1. The summed E-state index contributed by atoms with van der Waals surface area (Å²) in [5.74, 6) is -0.602. The number of fused-ring (bicyclic) bond motifs is 3. The van der Waals surface area contributed by atoms with E-state index in [9.17, 15) is 9.18 Å². The van der Waals surface area contributed by atoms with Crippen molar-refractivity contribution >= 4 is 17.2 Å². The lowest BCUT2D eigenvalue weighted by Gasteiger charge is -2.09. The van der Waals surface area contributed by atoms with Gasteiger partial charge in [0, 0.05) is 11.4 Å². The number of hydrogen-bond acceptors (Lipinski definition) is 3. The van der Waals surface area contributed by atoms with E-state index >= 15 is 0 Å². The van der Waals surface area contributed by atoms with Crippen molar-refractivity contribution in [2.45, 2.75) is 19.3 Å². The fraction of sp³-hybridized carbons (Fsp3) is 0.188. The Hall–Kier alpha value is -2.76. The van der Waals surface area contributed by atoms with E-state index in [0.29, 0.717) is 16.9 Å². The highest BCUT2D eigenvalue weighted by atomic mass is 19.1. The van der Waals surface area contributed by atoms with Crippen LogP contribution in [0.4, 0.5) is 10.1 Å². The van der Waals surface area contributed by atoms with Crippen LogP contribution in [0.25, 0.3) is 5.65 Å². The predicted molar refractivity (Wildman–Crippen MR) is 79.4 cm³/mol. The number of carbonyl (C=O) groups is 1. The highest BCUT2D eigenvalue weighted by molar-refractivity contribution is 6.08. The Bertz CT molecular complexity index is 870. The fourth-order valence-electron chi connectivity index (χ4n) is 2.94. The predicted octanol–water partition coefficient (Wildman–Crippen LogP) is 2.61. The number of rotatable bonds is 2. The molecule has 2 heterocycles.